The minimum Gasteiger partial charge on any atom is -0.342 e. The summed E-state index contributed by atoms with van der Waals surface area (Å²) in [5.41, 5.74) is 3.53. The molecule has 0 saturated carbocycles. The zero-order chi connectivity index (χ0) is 19.2. The second kappa shape index (κ2) is 6.73. The molecule has 27 heavy (non-hydrogen) atoms. The lowest BCUT2D eigenvalue weighted by atomic mass is 9.96. The lowest BCUT2D eigenvalue weighted by Crippen LogP contribution is -2.28. The van der Waals surface area contributed by atoms with Gasteiger partial charge in [-0.15, -0.1) is 0 Å². The number of sulfonamides is 1. The molecule has 7 heteroatoms. The molecule has 0 aliphatic carbocycles. The highest BCUT2D eigenvalue weighted by Gasteiger charge is 2.30. The molecule has 1 fully saturated rings. The van der Waals surface area contributed by atoms with E-state index in [2.05, 4.69) is 9.97 Å². The number of hydrogen-bond donors (Lipinski definition) is 1. The van der Waals surface area contributed by atoms with Crippen LogP contribution in [0.4, 0.5) is 4.39 Å². The van der Waals surface area contributed by atoms with Crippen molar-refractivity contribution in [3.8, 4) is 11.3 Å². The summed E-state index contributed by atoms with van der Waals surface area (Å²) in [5, 5.41) is 0.595. The summed E-state index contributed by atoms with van der Waals surface area (Å²) in [6.07, 6.45) is 4.19. The molecule has 3 heterocycles. The van der Waals surface area contributed by atoms with Gasteiger partial charge in [0.15, 0.2) is 0 Å². The molecule has 0 spiro atoms. The van der Waals surface area contributed by atoms with Crippen molar-refractivity contribution in [2.24, 2.45) is 0 Å². The summed E-state index contributed by atoms with van der Waals surface area (Å²) < 4.78 is 42.0. The third kappa shape index (κ3) is 2.95. The van der Waals surface area contributed by atoms with Crippen LogP contribution >= 0.6 is 0 Å². The van der Waals surface area contributed by atoms with Gasteiger partial charge in [0.05, 0.1) is 11.2 Å². The van der Waals surface area contributed by atoms with Gasteiger partial charge in [-0.25, -0.2) is 12.8 Å². The summed E-state index contributed by atoms with van der Waals surface area (Å²) in [6, 6.07) is 6.86. The summed E-state index contributed by atoms with van der Waals surface area (Å²) in [7, 11) is -3.65. The summed E-state index contributed by atoms with van der Waals surface area (Å²) in [6.45, 7) is 4.88. The Balaban J connectivity index is 1.97. The fraction of sp³-hybridized carbons (Fsp3) is 0.350. The van der Waals surface area contributed by atoms with Gasteiger partial charge >= 0.3 is 0 Å². The number of nitrogens with zero attached hydrogens (tertiary/aromatic N) is 2. The molecule has 0 amide bonds. The minimum atomic E-state index is -3.65. The molecule has 142 valence electrons. The van der Waals surface area contributed by atoms with Gasteiger partial charge in [-0.2, -0.15) is 4.31 Å². The first-order chi connectivity index (χ1) is 12.9. The van der Waals surface area contributed by atoms with Crippen molar-refractivity contribution in [2.75, 3.05) is 13.1 Å². The quantitative estimate of drug-likeness (QED) is 0.735. The first-order valence-electron chi connectivity index (χ1n) is 9.19. The molecule has 5 nitrogen and oxygen atoms in total. The van der Waals surface area contributed by atoms with E-state index in [0.717, 1.165) is 41.6 Å². The van der Waals surface area contributed by atoms with Crippen LogP contribution in [0.1, 0.15) is 30.9 Å². The van der Waals surface area contributed by atoms with Gasteiger partial charge in [0.25, 0.3) is 10.0 Å². The summed E-state index contributed by atoms with van der Waals surface area (Å²) in [4.78, 5) is 7.34. The number of aromatic nitrogens is 2. The molecule has 1 aliphatic heterocycles. The lowest BCUT2D eigenvalue weighted by Gasteiger charge is -2.13. The molecule has 1 N–H and O–H groups in total. The molecular formula is C20H22FN3O2S. The van der Waals surface area contributed by atoms with Gasteiger partial charge in [-0.1, -0.05) is 13.0 Å². The van der Waals surface area contributed by atoms with Gasteiger partial charge < -0.3 is 4.98 Å². The van der Waals surface area contributed by atoms with E-state index in [4.69, 9.17) is 0 Å². The van der Waals surface area contributed by atoms with Crippen LogP contribution in [0.25, 0.3) is 22.2 Å². The van der Waals surface area contributed by atoms with Crippen LogP contribution in [0, 0.1) is 12.7 Å². The Kier molecular flexibility index (Phi) is 4.52. The molecule has 0 unspecified atom stereocenters. The fourth-order valence-corrected chi connectivity index (χ4v) is 5.35. The minimum absolute atomic E-state index is 0.0409. The Labute approximate surface area is 158 Å². The van der Waals surface area contributed by atoms with Crippen molar-refractivity contribution in [1.82, 2.24) is 14.3 Å². The molecule has 3 aromatic rings. The number of pyridine rings is 1. The predicted octanol–water partition coefficient (Wildman–Crippen LogP) is 4.02. The summed E-state index contributed by atoms with van der Waals surface area (Å²) in [5.74, 6) is -0.455. The SMILES string of the molecule is CCc1cccnc1-c1c(C)cc(F)c2[nH]c(S(=O)(=O)N3CCCC3)cc12. The maximum Gasteiger partial charge on any atom is 0.258 e. The van der Waals surface area contributed by atoms with Crippen LogP contribution in [0.2, 0.25) is 0 Å². The van der Waals surface area contributed by atoms with Crippen molar-refractivity contribution < 1.29 is 12.8 Å². The molecule has 1 aromatic carbocycles. The average Bonchev–Trinajstić information content (AvgIpc) is 3.33. The van der Waals surface area contributed by atoms with Crippen molar-refractivity contribution in [3.63, 3.8) is 0 Å². The van der Waals surface area contributed by atoms with Crippen LogP contribution in [-0.4, -0.2) is 35.8 Å². The lowest BCUT2D eigenvalue weighted by molar-refractivity contribution is 0.475. The van der Waals surface area contributed by atoms with Crippen LogP contribution in [-0.2, 0) is 16.4 Å². The number of H-pyrrole nitrogens is 1. The number of rotatable bonds is 4. The molecular weight excluding hydrogens is 365 g/mol. The van der Waals surface area contributed by atoms with Crippen LogP contribution < -0.4 is 0 Å². The fourth-order valence-electron chi connectivity index (χ4n) is 3.83. The van der Waals surface area contributed by atoms with Gasteiger partial charge in [-0.3, -0.25) is 4.98 Å². The van der Waals surface area contributed by atoms with E-state index in [0.29, 0.717) is 18.5 Å². The van der Waals surface area contributed by atoms with Crippen LogP contribution in [0.15, 0.2) is 35.5 Å². The molecule has 0 atom stereocenters. The number of hydrogen-bond acceptors (Lipinski definition) is 3. The third-order valence-corrected chi connectivity index (χ3v) is 7.05. The predicted molar refractivity (Wildman–Crippen MR) is 104 cm³/mol. The van der Waals surface area contributed by atoms with E-state index in [-0.39, 0.29) is 10.5 Å². The highest BCUT2D eigenvalue weighted by atomic mass is 32.2. The van der Waals surface area contributed by atoms with E-state index < -0.39 is 15.8 Å². The van der Waals surface area contributed by atoms with Crippen molar-refractivity contribution in [3.05, 3.63) is 47.4 Å². The monoisotopic (exact) mass is 387 g/mol. The van der Waals surface area contributed by atoms with Gasteiger partial charge in [0.2, 0.25) is 0 Å². The number of fused-ring (bicyclic) bond motifs is 1. The number of benzene rings is 1. The highest BCUT2D eigenvalue weighted by Crippen LogP contribution is 2.36. The second-order valence-electron chi connectivity index (χ2n) is 6.95. The number of aromatic amines is 1. The average molecular weight is 387 g/mol. The van der Waals surface area contributed by atoms with Crippen LogP contribution in [0.5, 0.6) is 0 Å². The Morgan fingerprint density at radius 1 is 1.26 bits per heavy atom. The Bertz CT molecular complexity index is 1120. The van der Waals surface area contributed by atoms with Crippen LogP contribution in [0.3, 0.4) is 0 Å². The Hall–Kier alpha value is -2.25. The molecule has 0 radical (unpaired) electrons. The first kappa shape index (κ1) is 18.1. The second-order valence-corrected chi connectivity index (χ2v) is 8.85. The number of halogens is 1. The molecule has 1 saturated heterocycles. The largest absolute Gasteiger partial charge is 0.342 e. The van der Waals surface area contributed by atoms with E-state index in [1.54, 1.807) is 12.3 Å². The van der Waals surface area contributed by atoms with Gasteiger partial charge in [-0.05, 0) is 55.5 Å². The van der Waals surface area contributed by atoms with E-state index >= 15 is 0 Å². The zero-order valence-electron chi connectivity index (χ0n) is 15.4. The smallest absolute Gasteiger partial charge is 0.258 e. The maximum absolute atomic E-state index is 14.6. The molecule has 4 rings (SSSR count). The zero-order valence-corrected chi connectivity index (χ0v) is 16.2. The molecule has 2 aromatic heterocycles. The van der Waals surface area contributed by atoms with Gasteiger partial charge in [0, 0.05) is 30.2 Å². The summed E-state index contributed by atoms with van der Waals surface area (Å²) >= 11 is 0. The van der Waals surface area contributed by atoms with E-state index in [1.165, 1.54) is 10.4 Å². The van der Waals surface area contributed by atoms with E-state index in [1.807, 2.05) is 26.0 Å². The Morgan fingerprint density at radius 3 is 2.70 bits per heavy atom. The third-order valence-electron chi connectivity index (χ3n) is 5.23. The molecule has 1 aliphatic rings. The topological polar surface area (TPSA) is 66.1 Å². The van der Waals surface area contributed by atoms with Crippen molar-refractivity contribution in [1.29, 1.82) is 0 Å². The number of aryl methyl sites for hydroxylation is 2. The van der Waals surface area contributed by atoms with Gasteiger partial charge in [0.1, 0.15) is 10.8 Å². The standard InChI is InChI=1S/C20H22FN3O2S/c1-3-14-7-6-8-22-19(14)18-13(2)11-16(21)20-15(18)12-17(23-20)27(25,26)24-9-4-5-10-24/h6-8,11-12,23H,3-5,9-10H2,1-2H3. The Morgan fingerprint density at radius 2 is 2.00 bits per heavy atom. The normalized spacial score (nSPS) is 15.7. The molecule has 0 bridgehead atoms. The maximum atomic E-state index is 14.6. The number of nitrogens with one attached hydrogen (secondary N) is 1. The highest BCUT2D eigenvalue weighted by molar-refractivity contribution is 7.89. The first-order valence-corrected chi connectivity index (χ1v) is 10.6. The van der Waals surface area contributed by atoms with Crippen molar-refractivity contribution >= 4 is 20.9 Å². The van der Waals surface area contributed by atoms with Crippen molar-refractivity contribution in [2.45, 2.75) is 38.1 Å². The van der Waals surface area contributed by atoms with E-state index in [9.17, 15) is 12.8 Å².